The molecule has 0 radical (unpaired) electrons. The van der Waals surface area contributed by atoms with Gasteiger partial charge < -0.3 is 15.2 Å². The molecular formula is C15H24ClNO2. The summed E-state index contributed by atoms with van der Waals surface area (Å²) in [5.41, 5.74) is 1.21. The van der Waals surface area contributed by atoms with Crippen molar-refractivity contribution < 1.29 is 9.84 Å². The lowest BCUT2D eigenvalue weighted by Crippen LogP contribution is -2.35. The van der Waals surface area contributed by atoms with E-state index >= 15 is 0 Å². The second kappa shape index (κ2) is 7.13. The topological polar surface area (TPSA) is 41.5 Å². The summed E-state index contributed by atoms with van der Waals surface area (Å²) in [5.74, 6) is 0.778. The standard InChI is InChI=1S/C15H24ClNO2/c1-11(9-18)10-19-14-6-5-12(7-13(14)16)8-17-15(2,3)4/h5-7,11,17-18H,8-10H2,1-4H3. The Balaban J connectivity index is 2.59. The Labute approximate surface area is 120 Å². The molecule has 0 spiro atoms. The highest BCUT2D eigenvalue weighted by Gasteiger charge is 2.10. The third-order valence-corrected chi connectivity index (χ3v) is 2.95. The van der Waals surface area contributed by atoms with Crippen LogP contribution in [0.15, 0.2) is 18.2 Å². The summed E-state index contributed by atoms with van der Waals surface area (Å²) >= 11 is 6.19. The van der Waals surface area contributed by atoms with Crippen LogP contribution < -0.4 is 10.1 Å². The molecule has 0 saturated carbocycles. The Morgan fingerprint density at radius 3 is 2.58 bits per heavy atom. The third-order valence-electron chi connectivity index (χ3n) is 2.65. The van der Waals surface area contributed by atoms with E-state index in [1.54, 1.807) is 0 Å². The normalized spacial score (nSPS) is 13.4. The van der Waals surface area contributed by atoms with E-state index in [0.717, 1.165) is 12.1 Å². The van der Waals surface area contributed by atoms with Crippen LogP contribution in [-0.4, -0.2) is 23.9 Å². The van der Waals surface area contributed by atoms with Gasteiger partial charge in [0.15, 0.2) is 0 Å². The Kier molecular flexibility index (Phi) is 6.11. The summed E-state index contributed by atoms with van der Waals surface area (Å²) in [6, 6.07) is 5.80. The van der Waals surface area contributed by atoms with Crippen LogP contribution in [0.1, 0.15) is 33.3 Å². The summed E-state index contributed by atoms with van der Waals surface area (Å²) in [6.45, 7) is 9.67. The van der Waals surface area contributed by atoms with Crippen LogP contribution in [-0.2, 0) is 6.54 Å². The highest BCUT2D eigenvalue weighted by Crippen LogP contribution is 2.26. The van der Waals surface area contributed by atoms with Crippen molar-refractivity contribution in [2.24, 2.45) is 5.92 Å². The first kappa shape index (κ1) is 16.3. The molecule has 19 heavy (non-hydrogen) atoms. The van der Waals surface area contributed by atoms with Crippen molar-refractivity contribution in [3.8, 4) is 5.75 Å². The number of halogens is 1. The van der Waals surface area contributed by atoms with Crippen LogP contribution >= 0.6 is 11.6 Å². The van der Waals surface area contributed by atoms with E-state index in [1.807, 2.05) is 25.1 Å². The predicted molar refractivity (Wildman–Crippen MR) is 79.8 cm³/mol. The van der Waals surface area contributed by atoms with Crippen LogP contribution in [0.3, 0.4) is 0 Å². The number of hydrogen-bond donors (Lipinski definition) is 2. The van der Waals surface area contributed by atoms with Crippen molar-refractivity contribution in [3.05, 3.63) is 28.8 Å². The second-order valence-electron chi connectivity index (χ2n) is 5.97. The fraction of sp³-hybridized carbons (Fsp3) is 0.600. The fourth-order valence-electron chi connectivity index (χ4n) is 1.42. The molecule has 0 bridgehead atoms. The minimum absolute atomic E-state index is 0.0816. The number of nitrogens with one attached hydrogen (secondary N) is 1. The van der Waals surface area contributed by atoms with Crippen molar-refractivity contribution in [1.82, 2.24) is 5.32 Å². The molecule has 2 N–H and O–H groups in total. The molecule has 0 aromatic heterocycles. The van der Waals surface area contributed by atoms with Crippen molar-refractivity contribution >= 4 is 11.6 Å². The van der Waals surface area contributed by atoms with Crippen molar-refractivity contribution in [1.29, 1.82) is 0 Å². The maximum absolute atomic E-state index is 8.95. The van der Waals surface area contributed by atoms with Gasteiger partial charge in [-0.3, -0.25) is 0 Å². The van der Waals surface area contributed by atoms with Crippen LogP contribution in [0.2, 0.25) is 5.02 Å². The zero-order valence-electron chi connectivity index (χ0n) is 12.2. The molecule has 3 nitrogen and oxygen atoms in total. The van der Waals surface area contributed by atoms with Crippen molar-refractivity contribution in [2.75, 3.05) is 13.2 Å². The lowest BCUT2D eigenvalue weighted by Gasteiger charge is -2.21. The summed E-state index contributed by atoms with van der Waals surface area (Å²) in [4.78, 5) is 0. The highest BCUT2D eigenvalue weighted by atomic mass is 35.5. The molecule has 1 aromatic carbocycles. The molecule has 108 valence electrons. The molecule has 1 rings (SSSR count). The van der Waals surface area contributed by atoms with Gasteiger partial charge in [-0.05, 0) is 38.5 Å². The summed E-state index contributed by atoms with van der Waals surface area (Å²) in [5, 5.41) is 13.0. The fourth-order valence-corrected chi connectivity index (χ4v) is 1.68. The van der Waals surface area contributed by atoms with Crippen molar-refractivity contribution in [2.45, 2.75) is 39.8 Å². The van der Waals surface area contributed by atoms with E-state index in [-0.39, 0.29) is 18.1 Å². The number of benzene rings is 1. The molecule has 4 heteroatoms. The van der Waals surface area contributed by atoms with Crippen LogP contribution in [0, 0.1) is 5.92 Å². The molecule has 0 amide bonds. The van der Waals surface area contributed by atoms with Gasteiger partial charge in [-0.2, -0.15) is 0 Å². The lowest BCUT2D eigenvalue weighted by molar-refractivity contribution is 0.174. The molecule has 0 heterocycles. The zero-order valence-corrected chi connectivity index (χ0v) is 12.9. The largest absolute Gasteiger partial charge is 0.492 e. The van der Waals surface area contributed by atoms with Gasteiger partial charge in [0.1, 0.15) is 5.75 Å². The van der Waals surface area contributed by atoms with E-state index in [9.17, 15) is 0 Å². The van der Waals surface area contributed by atoms with Gasteiger partial charge in [0.2, 0.25) is 0 Å². The Hall–Kier alpha value is -0.770. The first-order valence-electron chi connectivity index (χ1n) is 6.59. The van der Waals surface area contributed by atoms with Gasteiger partial charge in [-0.25, -0.2) is 0 Å². The Morgan fingerprint density at radius 2 is 2.05 bits per heavy atom. The van der Waals surface area contributed by atoms with Crippen molar-refractivity contribution in [3.63, 3.8) is 0 Å². The number of aliphatic hydroxyl groups excluding tert-OH is 1. The van der Waals surface area contributed by atoms with E-state index in [2.05, 4.69) is 26.1 Å². The van der Waals surface area contributed by atoms with E-state index in [0.29, 0.717) is 17.4 Å². The monoisotopic (exact) mass is 285 g/mol. The predicted octanol–water partition coefficient (Wildman–Crippen LogP) is 3.24. The third kappa shape index (κ3) is 6.28. The Morgan fingerprint density at radius 1 is 1.37 bits per heavy atom. The number of rotatable bonds is 6. The van der Waals surface area contributed by atoms with Crippen LogP contribution in [0.4, 0.5) is 0 Å². The molecule has 1 unspecified atom stereocenters. The number of hydrogen-bond acceptors (Lipinski definition) is 3. The van der Waals surface area contributed by atoms with Crippen LogP contribution in [0.25, 0.3) is 0 Å². The number of aliphatic hydroxyl groups is 1. The lowest BCUT2D eigenvalue weighted by atomic mass is 10.1. The Bertz CT molecular complexity index is 402. The van der Waals surface area contributed by atoms with E-state index < -0.39 is 0 Å². The molecule has 1 aromatic rings. The summed E-state index contributed by atoms with van der Waals surface area (Å²) in [6.07, 6.45) is 0. The molecule has 0 aliphatic rings. The maximum atomic E-state index is 8.95. The first-order chi connectivity index (χ1) is 8.81. The molecule has 0 saturated heterocycles. The second-order valence-corrected chi connectivity index (χ2v) is 6.37. The van der Waals surface area contributed by atoms with Gasteiger partial charge in [0.05, 0.1) is 11.6 Å². The molecular weight excluding hydrogens is 262 g/mol. The number of ether oxygens (including phenoxy) is 1. The first-order valence-corrected chi connectivity index (χ1v) is 6.96. The smallest absolute Gasteiger partial charge is 0.137 e. The van der Waals surface area contributed by atoms with Gasteiger partial charge in [0, 0.05) is 24.6 Å². The molecule has 1 atom stereocenters. The van der Waals surface area contributed by atoms with Crippen LogP contribution in [0.5, 0.6) is 5.75 Å². The minimum Gasteiger partial charge on any atom is -0.492 e. The summed E-state index contributed by atoms with van der Waals surface area (Å²) < 4.78 is 5.58. The van der Waals surface area contributed by atoms with Gasteiger partial charge >= 0.3 is 0 Å². The highest BCUT2D eigenvalue weighted by molar-refractivity contribution is 6.32. The average molecular weight is 286 g/mol. The SMILES string of the molecule is CC(CO)COc1ccc(CNC(C)(C)C)cc1Cl. The van der Waals surface area contributed by atoms with Gasteiger partial charge in [-0.15, -0.1) is 0 Å². The maximum Gasteiger partial charge on any atom is 0.137 e. The van der Waals surface area contributed by atoms with E-state index in [4.69, 9.17) is 21.4 Å². The zero-order chi connectivity index (χ0) is 14.5. The molecule has 0 fully saturated rings. The average Bonchev–Trinajstić information content (AvgIpc) is 2.34. The van der Waals surface area contributed by atoms with Gasteiger partial charge in [0.25, 0.3) is 0 Å². The quantitative estimate of drug-likeness (QED) is 0.843. The summed E-state index contributed by atoms with van der Waals surface area (Å²) in [7, 11) is 0. The van der Waals surface area contributed by atoms with Gasteiger partial charge in [-0.1, -0.05) is 24.6 Å². The van der Waals surface area contributed by atoms with E-state index in [1.165, 1.54) is 0 Å². The molecule has 0 aliphatic carbocycles. The minimum atomic E-state index is 0.0816. The molecule has 0 aliphatic heterocycles.